The zero-order valence-corrected chi connectivity index (χ0v) is 14.8. The van der Waals surface area contributed by atoms with Crippen molar-refractivity contribution in [2.45, 2.75) is 19.0 Å². The monoisotopic (exact) mass is 360 g/mol. The molecule has 3 N–H and O–H groups in total. The molecule has 0 bridgehead atoms. The normalized spacial score (nSPS) is 14.5. The first-order chi connectivity index (χ1) is 13.1. The van der Waals surface area contributed by atoms with Crippen LogP contribution in [0.4, 0.5) is 0 Å². The van der Waals surface area contributed by atoms with Gasteiger partial charge in [0, 0.05) is 17.7 Å². The van der Waals surface area contributed by atoms with Crippen LogP contribution in [0.3, 0.4) is 0 Å². The minimum atomic E-state index is -0.719. The molecule has 27 heavy (non-hydrogen) atoms. The zero-order chi connectivity index (χ0) is 18.8. The summed E-state index contributed by atoms with van der Waals surface area (Å²) in [5.74, 6) is 0.358. The number of H-pyrrole nitrogens is 1. The van der Waals surface area contributed by atoms with E-state index < -0.39 is 6.04 Å². The average Bonchev–Trinajstić information content (AvgIpc) is 2.73. The lowest BCUT2D eigenvalue weighted by atomic mass is 10.0. The second kappa shape index (κ2) is 7.17. The lowest BCUT2D eigenvalue weighted by Crippen LogP contribution is -2.43. The van der Waals surface area contributed by atoms with Gasteiger partial charge in [-0.05, 0) is 12.0 Å². The number of hydrogen-bond acceptors (Lipinski definition) is 4. The number of fused-ring (bicyclic) bond motifs is 1. The van der Waals surface area contributed by atoms with Gasteiger partial charge in [-0.1, -0.05) is 60.7 Å². The molecule has 1 aliphatic rings. The molecular formula is C21H20N4O2. The summed E-state index contributed by atoms with van der Waals surface area (Å²) in [5.41, 5.74) is 8.91. The lowest BCUT2D eigenvalue weighted by Gasteiger charge is -2.30. The number of rotatable bonds is 3. The van der Waals surface area contributed by atoms with E-state index in [9.17, 15) is 9.59 Å². The van der Waals surface area contributed by atoms with E-state index in [0.29, 0.717) is 36.6 Å². The van der Waals surface area contributed by atoms with Gasteiger partial charge >= 0.3 is 0 Å². The number of carbonyl (C=O) groups excluding carboxylic acids is 1. The van der Waals surface area contributed by atoms with Crippen LogP contribution in [-0.2, 0) is 17.8 Å². The highest BCUT2D eigenvalue weighted by Crippen LogP contribution is 2.21. The molecule has 1 amide bonds. The van der Waals surface area contributed by atoms with Gasteiger partial charge in [0.15, 0.2) is 0 Å². The van der Waals surface area contributed by atoms with E-state index in [1.54, 1.807) is 4.90 Å². The highest BCUT2D eigenvalue weighted by atomic mass is 16.2. The van der Waals surface area contributed by atoms with Crippen LogP contribution in [0.15, 0.2) is 65.5 Å². The van der Waals surface area contributed by atoms with Crippen LogP contribution in [0.2, 0.25) is 0 Å². The van der Waals surface area contributed by atoms with Crippen LogP contribution < -0.4 is 11.3 Å². The Bertz CT molecular complexity index is 1020. The van der Waals surface area contributed by atoms with E-state index in [0.717, 1.165) is 11.1 Å². The number of carbonyl (C=O) groups is 1. The van der Waals surface area contributed by atoms with Gasteiger partial charge in [-0.25, -0.2) is 4.98 Å². The van der Waals surface area contributed by atoms with Gasteiger partial charge in [-0.3, -0.25) is 9.59 Å². The molecule has 2 aromatic carbocycles. The number of nitrogens with one attached hydrogen (secondary N) is 1. The maximum absolute atomic E-state index is 12.8. The predicted octanol–water partition coefficient (Wildman–Crippen LogP) is 2.02. The molecule has 0 saturated carbocycles. The van der Waals surface area contributed by atoms with Crippen molar-refractivity contribution in [3.05, 3.63) is 87.8 Å². The Morgan fingerprint density at radius 3 is 2.44 bits per heavy atom. The molecular weight excluding hydrogens is 340 g/mol. The van der Waals surface area contributed by atoms with Crippen molar-refractivity contribution in [1.29, 1.82) is 0 Å². The number of benzene rings is 2. The van der Waals surface area contributed by atoms with Crippen LogP contribution in [0.1, 0.15) is 22.9 Å². The van der Waals surface area contributed by atoms with Crippen LogP contribution in [0.5, 0.6) is 0 Å². The first-order valence-corrected chi connectivity index (χ1v) is 8.90. The smallest absolute Gasteiger partial charge is 0.254 e. The van der Waals surface area contributed by atoms with Gasteiger partial charge in [-0.2, -0.15) is 0 Å². The lowest BCUT2D eigenvalue weighted by molar-refractivity contribution is -0.133. The first kappa shape index (κ1) is 17.2. The Hall–Kier alpha value is -3.25. The molecule has 136 valence electrons. The number of nitrogens with zero attached hydrogens (tertiary/aromatic N) is 2. The third kappa shape index (κ3) is 3.39. The summed E-state index contributed by atoms with van der Waals surface area (Å²) in [7, 11) is 0. The van der Waals surface area contributed by atoms with Crippen LogP contribution in [0.25, 0.3) is 11.4 Å². The highest BCUT2D eigenvalue weighted by Gasteiger charge is 2.28. The topological polar surface area (TPSA) is 92.1 Å². The number of nitrogens with two attached hydrogens (primary N) is 1. The molecule has 6 heteroatoms. The van der Waals surface area contributed by atoms with Gasteiger partial charge < -0.3 is 15.6 Å². The van der Waals surface area contributed by atoms with E-state index in [1.807, 2.05) is 60.7 Å². The van der Waals surface area contributed by atoms with Gasteiger partial charge in [0.2, 0.25) is 5.91 Å². The molecule has 1 atom stereocenters. The standard InChI is InChI=1S/C21H20N4O2/c22-18(14-7-3-1-4-8-14)21(27)25-12-11-16-17(13-25)23-19(24-20(16)26)15-9-5-2-6-10-15/h1-10,18H,11-13,22H2,(H,23,24,26)/t18-/m0/s1. The summed E-state index contributed by atoms with van der Waals surface area (Å²) in [6, 6.07) is 18.1. The summed E-state index contributed by atoms with van der Waals surface area (Å²) in [4.78, 5) is 34.5. The van der Waals surface area contributed by atoms with Crippen LogP contribution >= 0.6 is 0 Å². The molecule has 0 spiro atoms. The van der Waals surface area contributed by atoms with Crippen LogP contribution in [-0.4, -0.2) is 27.3 Å². The van der Waals surface area contributed by atoms with E-state index >= 15 is 0 Å². The van der Waals surface area contributed by atoms with Gasteiger partial charge in [-0.15, -0.1) is 0 Å². The second-order valence-corrected chi connectivity index (χ2v) is 6.60. The molecule has 0 radical (unpaired) electrons. The number of amides is 1. The summed E-state index contributed by atoms with van der Waals surface area (Å²) < 4.78 is 0. The SMILES string of the molecule is N[C@H](C(=O)N1CCc2c(nc(-c3ccccc3)[nH]c2=O)C1)c1ccccc1. The molecule has 0 saturated heterocycles. The third-order valence-electron chi connectivity index (χ3n) is 4.86. The summed E-state index contributed by atoms with van der Waals surface area (Å²) in [5, 5.41) is 0. The number of aromatic amines is 1. The molecule has 0 fully saturated rings. The fraction of sp³-hybridized carbons (Fsp3) is 0.190. The Morgan fingerprint density at radius 2 is 1.74 bits per heavy atom. The van der Waals surface area contributed by atoms with E-state index in [4.69, 9.17) is 5.73 Å². The molecule has 0 unspecified atom stereocenters. The molecule has 1 aliphatic heterocycles. The van der Waals surface area contributed by atoms with Crippen molar-refractivity contribution in [2.75, 3.05) is 6.54 Å². The third-order valence-corrected chi connectivity index (χ3v) is 4.86. The first-order valence-electron chi connectivity index (χ1n) is 8.90. The van der Waals surface area contributed by atoms with E-state index in [1.165, 1.54) is 0 Å². The molecule has 2 heterocycles. The minimum absolute atomic E-state index is 0.140. The van der Waals surface area contributed by atoms with Gasteiger partial charge in [0.05, 0.1) is 12.2 Å². The fourth-order valence-electron chi connectivity index (χ4n) is 3.36. The van der Waals surface area contributed by atoms with Crippen molar-refractivity contribution >= 4 is 5.91 Å². The molecule has 0 aliphatic carbocycles. The molecule has 4 rings (SSSR count). The minimum Gasteiger partial charge on any atom is -0.335 e. The fourth-order valence-corrected chi connectivity index (χ4v) is 3.36. The van der Waals surface area contributed by atoms with Crippen molar-refractivity contribution < 1.29 is 4.79 Å². The Balaban J connectivity index is 1.61. The second-order valence-electron chi connectivity index (χ2n) is 6.60. The molecule has 6 nitrogen and oxygen atoms in total. The molecule has 1 aromatic heterocycles. The van der Waals surface area contributed by atoms with Crippen molar-refractivity contribution in [2.24, 2.45) is 5.73 Å². The van der Waals surface area contributed by atoms with E-state index in [2.05, 4.69) is 9.97 Å². The van der Waals surface area contributed by atoms with Crippen LogP contribution in [0, 0.1) is 0 Å². The Morgan fingerprint density at radius 1 is 1.07 bits per heavy atom. The Kier molecular flexibility index (Phi) is 4.56. The highest BCUT2D eigenvalue weighted by molar-refractivity contribution is 5.83. The number of hydrogen-bond donors (Lipinski definition) is 2. The quantitative estimate of drug-likeness (QED) is 0.747. The zero-order valence-electron chi connectivity index (χ0n) is 14.8. The van der Waals surface area contributed by atoms with Crippen molar-refractivity contribution in [3.63, 3.8) is 0 Å². The van der Waals surface area contributed by atoms with Gasteiger partial charge in [0.1, 0.15) is 11.9 Å². The van der Waals surface area contributed by atoms with E-state index in [-0.39, 0.29) is 11.5 Å². The van der Waals surface area contributed by atoms with Crippen molar-refractivity contribution in [3.8, 4) is 11.4 Å². The largest absolute Gasteiger partial charge is 0.335 e. The predicted molar refractivity (Wildman–Crippen MR) is 103 cm³/mol. The van der Waals surface area contributed by atoms with Crippen molar-refractivity contribution in [1.82, 2.24) is 14.9 Å². The summed E-state index contributed by atoms with van der Waals surface area (Å²) >= 11 is 0. The Labute approximate surface area is 156 Å². The average molecular weight is 360 g/mol. The maximum atomic E-state index is 12.8. The number of aromatic nitrogens is 2. The maximum Gasteiger partial charge on any atom is 0.254 e. The summed E-state index contributed by atoms with van der Waals surface area (Å²) in [6.07, 6.45) is 0.472. The molecule has 3 aromatic rings. The summed E-state index contributed by atoms with van der Waals surface area (Å²) in [6.45, 7) is 0.750. The van der Waals surface area contributed by atoms with Gasteiger partial charge in [0.25, 0.3) is 5.56 Å².